The lowest BCUT2D eigenvalue weighted by Crippen LogP contribution is -2.42. The third-order valence-electron chi connectivity index (χ3n) is 3.67. The van der Waals surface area contributed by atoms with Crippen molar-refractivity contribution in [2.75, 3.05) is 7.05 Å². The zero-order valence-corrected chi connectivity index (χ0v) is 14.7. The van der Waals surface area contributed by atoms with Crippen molar-refractivity contribution in [3.8, 4) is 0 Å². The molecule has 1 atom stereocenters. The SMILES string of the molecule is CN=C(NCc1nccs1)NC(C)Cc1c(C)nn(C)c1C. The van der Waals surface area contributed by atoms with Crippen LogP contribution in [0, 0.1) is 13.8 Å². The fourth-order valence-corrected chi connectivity index (χ4v) is 2.95. The van der Waals surface area contributed by atoms with Gasteiger partial charge in [0.1, 0.15) is 5.01 Å². The van der Waals surface area contributed by atoms with Crippen LogP contribution in [0.1, 0.15) is 28.9 Å². The monoisotopic (exact) mass is 320 g/mol. The Morgan fingerprint density at radius 2 is 2.23 bits per heavy atom. The fraction of sp³-hybridized carbons (Fsp3) is 0.533. The van der Waals surface area contributed by atoms with E-state index in [2.05, 4.69) is 46.5 Å². The summed E-state index contributed by atoms with van der Waals surface area (Å²) in [6.45, 7) is 7.01. The van der Waals surface area contributed by atoms with Gasteiger partial charge in [-0.3, -0.25) is 9.67 Å². The van der Waals surface area contributed by atoms with Crippen LogP contribution in [0.25, 0.3) is 0 Å². The zero-order chi connectivity index (χ0) is 16.1. The largest absolute Gasteiger partial charge is 0.354 e. The number of hydrogen-bond acceptors (Lipinski definition) is 4. The summed E-state index contributed by atoms with van der Waals surface area (Å²) in [4.78, 5) is 8.53. The molecular weight excluding hydrogens is 296 g/mol. The second kappa shape index (κ2) is 7.40. The number of aromatic nitrogens is 3. The maximum absolute atomic E-state index is 4.47. The molecule has 1 unspecified atom stereocenters. The summed E-state index contributed by atoms with van der Waals surface area (Å²) in [6.07, 6.45) is 2.73. The lowest BCUT2D eigenvalue weighted by atomic mass is 10.1. The van der Waals surface area contributed by atoms with Gasteiger partial charge in [0, 0.05) is 37.4 Å². The third kappa shape index (κ3) is 4.07. The molecule has 0 aliphatic rings. The molecule has 0 amide bonds. The van der Waals surface area contributed by atoms with E-state index in [0.717, 1.165) is 23.1 Å². The van der Waals surface area contributed by atoms with Crippen LogP contribution < -0.4 is 10.6 Å². The summed E-state index contributed by atoms with van der Waals surface area (Å²) < 4.78 is 1.94. The van der Waals surface area contributed by atoms with Gasteiger partial charge in [-0.25, -0.2) is 4.98 Å². The molecular formula is C15H24N6S. The number of thiazole rings is 1. The minimum atomic E-state index is 0.268. The quantitative estimate of drug-likeness (QED) is 0.651. The van der Waals surface area contributed by atoms with Crippen molar-refractivity contribution in [2.24, 2.45) is 12.0 Å². The molecule has 0 bridgehead atoms. The first kappa shape index (κ1) is 16.5. The Balaban J connectivity index is 1.90. The molecule has 2 N–H and O–H groups in total. The molecule has 2 aromatic rings. The summed E-state index contributed by atoms with van der Waals surface area (Å²) in [5, 5.41) is 14.2. The van der Waals surface area contributed by atoms with Gasteiger partial charge in [0.2, 0.25) is 0 Å². The maximum atomic E-state index is 4.47. The Hall–Kier alpha value is -1.89. The summed E-state index contributed by atoms with van der Waals surface area (Å²) in [7, 11) is 3.77. The molecule has 0 radical (unpaired) electrons. The van der Waals surface area contributed by atoms with Gasteiger partial charge in [0.25, 0.3) is 0 Å². The van der Waals surface area contributed by atoms with Crippen LogP contribution in [0.4, 0.5) is 0 Å². The first-order chi connectivity index (χ1) is 10.5. The predicted octanol–water partition coefficient (Wildman–Crippen LogP) is 1.79. The summed E-state index contributed by atoms with van der Waals surface area (Å²) >= 11 is 1.64. The topological polar surface area (TPSA) is 67.1 Å². The summed E-state index contributed by atoms with van der Waals surface area (Å²) in [5.41, 5.74) is 3.62. The number of nitrogens with zero attached hydrogens (tertiary/aromatic N) is 4. The summed E-state index contributed by atoms with van der Waals surface area (Å²) in [5.74, 6) is 0.793. The second-order valence-corrected chi connectivity index (χ2v) is 6.35. The Kier molecular flexibility index (Phi) is 5.54. The van der Waals surface area contributed by atoms with Crippen LogP contribution in [0.5, 0.6) is 0 Å². The lowest BCUT2D eigenvalue weighted by molar-refractivity contribution is 0.635. The fourth-order valence-electron chi connectivity index (χ4n) is 2.40. The molecule has 0 aliphatic heterocycles. The molecule has 2 aromatic heterocycles. The molecule has 0 fully saturated rings. The highest BCUT2D eigenvalue weighted by Gasteiger charge is 2.14. The van der Waals surface area contributed by atoms with Gasteiger partial charge < -0.3 is 10.6 Å². The van der Waals surface area contributed by atoms with E-state index in [-0.39, 0.29) is 6.04 Å². The zero-order valence-electron chi connectivity index (χ0n) is 13.8. The molecule has 120 valence electrons. The van der Waals surface area contributed by atoms with Crippen molar-refractivity contribution in [3.05, 3.63) is 33.5 Å². The van der Waals surface area contributed by atoms with Crippen molar-refractivity contribution in [1.82, 2.24) is 25.4 Å². The summed E-state index contributed by atoms with van der Waals surface area (Å²) in [6, 6.07) is 0.268. The van der Waals surface area contributed by atoms with Gasteiger partial charge in [-0.15, -0.1) is 11.3 Å². The van der Waals surface area contributed by atoms with Gasteiger partial charge in [-0.1, -0.05) is 0 Å². The highest BCUT2D eigenvalue weighted by atomic mass is 32.1. The molecule has 0 aliphatic carbocycles. The van der Waals surface area contributed by atoms with Crippen LogP contribution in [0.3, 0.4) is 0 Å². The van der Waals surface area contributed by atoms with E-state index in [0.29, 0.717) is 6.54 Å². The van der Waals surface area contributed by atoms with Gasteiger partial charge in [0.15, 0.2) is 5.96 Å². The smallest absolute Gasteiger partial charge is 0.191 e. The van der Waals surface area contributed by atoms with Crippen LogP contribution >= 0.6 is 11.3 Å². The first-order valence-electron chi connectivity index (χ1n) is 7.36. The van der Waals surface area contributed by atoms with Crippen LogP contribution in [0.2, 0.25) is 0 Å². The van der Waals surface area contributed by atoms with Crippen molar-refractivity contribution < 1.29 is 0 Å². The predicted molar refractivity (Wildman–Crippen MR) is 91.3 cm³/mol. The van der Waals surface area contributed by atoms with E-state index in [1.54, 1.807) is 18.4 Å². The molecule has 0 saturated heterocycles. The van der Waals surface area contributed by atoms with E-state index in [1.165, 1.54) is 11.3 Å². The lowest BCUT2D eigenvalue weighted by Gasteiger charge is -2.17. The van der Waals surface area contributed by atoms with Crippen molar-refractivity contribution in [3.63, 3.8) is 0 Å². The van der Waals surface area contributed by atoms with E-state index in [1.807, 2.05) is 23.3 Å². The van der Waals surface area contributed by atoms with Crippen LogP contribution in [0.15, 0.2) is 16.6 Å². The van der Waals surface area contributed by atoms with Crippen LogP contribution in [-0.2, 0) is 20.0 Å². The standard InChI is InChI=1S/C15H24N6S/c1-10(8-13-11(2)20-21(5)12(13)3)19-15(16-4)18-9-14-17-6-7-22-14/h6-7,10H,8-9H2,1-5H3,(H2,16,18,19). The maximum Gasteiger partial charge on any atom is 0.191 e. The Morgan fingerprint density at radius 3 is 2.77 bits per heavy atom. The van der Waals surface area contributed by atoms with Gasteiger partial charge in [-0.05, 0) is 32.8 Å². The van der Waals surface area contributed by atoms with Crippen LogP contribution in [-0.4, -0.2) is 33.8 Å². The number of aryl methyl sites for hydroxylation is 2. The third-order valence-corrected chi connectivity index (χ3v) is 4.45. The molecule has 2 rings (SSSR count). The molecule has 7 heteroatoms. The number of aliphatic imine (C=N–C) groups is 1. The molecule has 0 saturated carbocycles. The minimum absolute atomic E-state index is 0.268. The second-order valence-electron chi connectivity index (χ2n) is 5.37. The first-order valence-corrected chi connectivity index (χ1v) is 8.23. The number of rotatable bonds is 5. The molecule has 0 aromatic carbocycles. The van der Waals surface area contributed by atoms with Crippen molar-refractivity contribution in [1.29, 1.82) is 0 Å². The Labute approximate surface area is 135 Å². The molecule has 6 nitrogen and oxygen atoms in total. The van der Waals surface area contributed by atoms with E-state index in [9.17, 15) is 0 Å². The number of nitrogens with one attached hydrogen (secondary N) is 2. The average molecular weight is 320 g/mol. The minimum Gasteiger partial charge on any atom is -0.354 e. The van der Waals surface area contributed by atoms with Gasteiger partial charge in [-0.2, -0.15) is 5.10 Å². The van der Waals surface area contributed by atoms with E-state index in [4.69, 9.17) is 0 Å². The molecule has 0 spiro atoms. The normalized spacial score (nSPS) is 13.2. The van der Waals surface area contributed by atoms with Crippen molar-refractivity contribution >= 4 is 17.3 Å². The van der Waals surface area contributed by atoms with E-state index < -0.39 is 0 Å². The Morgan fingerprint density at radius 1 is 1.45 bits per heavy atom. The average Bonchev–Trinajstić information content (AvgIpc) is 3.08. The van der Waals surface area contributed by atoms with Gasteiger partial charge in [0.05, 0.1) is 12.2 Å². The van der Waals surface area contributed by atoms with Crippen molar-refractivity contribution in [2.45, 2.75) is 39.8 Å². The number of guanidine groups is 1. The molecule has 22 heavy (non-hydrogen) atoms. The van der Waals surface area contributed by atoms with Gasteiger partial charge >= 0.3 is 0 Å². The highest BCUT2D eigenvalue weighted by Crippen LogP contribution is 2.14. The highest BCUT2D eigenvalue weighted by molar-refractivity contribution is 7.09. The Bertz CT molecular complexity index is 629. The number of hydrogen-bond donors (Lipinski definition) is 2. The molecule has 2 heterocycles. The van der Waals surface area contributed by atoms with E-state index >= 15 is 0 Å².